The van der Waals surface area contributed by atoms with Crippen molar-refractivity contribution < 1.29 is 4.79 Å². The number of pyridine rings is 1. The number of rotatable bonds is 4. The number of hydrogen-bond donors (Lipinski definition) is 2. The van der Waals surface area contributed by atoms with Crippen molar-refractivity contribution in [1.82, 2.24) is 19.6 Å². The van der Waals surface area contributed by atoms with Crippen molar-refractivity contribution in [1.29, 1.82) is 0 Å². The molecule has 2 N–H and O–H groups in total. The first-order valence-electron chi connectivity index (χ1n) is 7.60. The number of halogens is 1. The van der Waals surface area contributed by atoms with Crippen molar-refractivity contribution in [3.05, 3.63) is 47.0 Å². The molecule has 23 heavy (non-hydrogen) atoms. The molecule has 3 heterocycles. The minimum atomic E-state index is -0.380. The van der Waals surface area contributed by atoms with Crippen molar-refractivity contribution in [3.63, 3.8) is 0 Å². The second-order valence-electron chi connectivity index (χ2n) is 5.97. The molecule has 1 unspecified atom stereocenters. The van der Waals surface area contributed by atoms with Crippen LogP contribution >= 0.6 is 11.6 Å². The van der Waals surface area contributed by atoms with Crippen molar-refractivity contribution in [2.24, 2.45) is 0 Å². The average molecular weight is 330 g/mol. The Hall–Kier alpha value is -2.34. The van der Waals surface area contributed by atoms with E-state index in [0.29, 0.717) is 22.5 Å². The molecule has 3 aromatic rings. The first-order chi connectivity index (χ1) is 11.1. The smallest absolute Gasteiger partial charge is 0.234 e. The van der Waals surface area contributed by atoms with Gasteiger partial charge in [-0.25, -0.2) is 4.98 Å². The number of hydrogen-bond acceptors (Lipinski definition) is 3. The van der Waals surface area contributed by atoms with Crippen LogP contribution in [0.15, 0.2) is 30.6 Å². The largest absolute Gasteiger partial charge is 0.309 e. The Morgan fingerprint density at radius 1 is 1.43 bits per heavy atom. The van der Waals surface area contributed by atoms with E-state index < -0.39 is 0 Å². The molecule has 1 amide bonds. The van der Waals surface area contributed by atoms with Gasteiger partial charge in [-0.05, 0) is 31.9 Å². The van der Waals surface area contributed by atoms with Gasteiger partial charge in [0.25, 0.3) is 0 Å². The Bertz CT molecular complexity index is 880. The number of imidazole rings is 1. The highest BCUT2D eigenvalue weighted by atomic mass is 35.5. The number of fused-ring (bicyclic) bond motifs is 1. The van der Waals surface area contributed by atoms with Crippen LogP contribution in [0.2, 0.25) is 5.02 Å². The Balaban J connectivity index is 1.51. The highest BCUT2D eigenvalue weighted by Crippen LogP contribution is 2.39. The lowest BCUT2D eigenvalue weighted by Gasteiger charge is -2.07. The van der Waals surface area contributed by atoms with Gasteiger partial charge in [-0.1, -0.05) is 11.6 Å². The summed E-state index contributed by atoms with van der Waals surface area (Å²) in [6.07, 6.45) is 5.98. The standard InChI is InChI=1S/C16H16ClN5O/c1-9(13-8-22-7-11(17)4-5-15(22)18-13)16(23)19-14-6-12(20-21-14)10-2-3-10/h4-10H,2-3H2,1H3,(H2,19,20,21,23). The zero-order valence-electron chi connectivity index (χ0n) is 12.6. The number of nitrogens with one attached hydrogen (secondary N) is 2. The van der Waals surface area contributed by atoms with Crippen molar-refractivity contribution >= 4 is 29.0 Å². The number of H-pyrrole nitrogens is 1. The fourth-order valence-corrected chi connectivity index (χ4v) is 2.73. The first-order valence-corrected chi connectivity index (χ1v) is 7.98. The first kappa shape index (κ1) is 14.3. The maximum atomic E-state index is 12.4. The van der Waals surface area contributed by atoms with Gasteiger partial charge >= 0.3 is 0 Å². The number of aromatic nitrogens is 4. The van der Waals surface area contributed by atoms with Gasteiger partial charge in [-0.2, -0.15) is 5.10 Å². The summed E-state index contributed by atoms with van der Waals surface area (Å²) < 4.78 is 1.82. The molecule has 0 aromatic carbocycles. The molecule has 1 aliphatic rings. The normalized spacial score (nSPS) is 15.7. The fourth-order valence-electron chi connectivity index (χ4n) is 2.57. The second-order valence-corrected chi connectivity index (χ2v) is 6.41. The molecule has 1 saturated carbocycles. The van der Waals surface area contributed by atoms with Crippen LogP contribution in [0, 0.1) is 0 Å². The zero-order chi connectivity index (χ0) is 16.0. The molecular formula is C16H16ClN5O. The predicted molar refractivity (Wildman–Crippen MR) is 87.8 cm³/mol. The summed E-state index contributed by atoms with van der Waals surface area (Å²) in [6, 6.07) is 5.51. The van der Waals surface area contributed by atoms with Crippen LogP contribution in [0.25, 0.3) is 5.65 Å². The lowest BCUT2D eigenvalue weighted by atomic mass is 10.1. The quantitative estimate of drug-likeness (QED) is 0.771. The Kier molecular flexibility index (Phi) is 3.34. The van der Waals surface area contributed by atoms with Crippen molar-refractivity contribution in [2.75, 3.05) is 5.32 Å². The number of amides is 1. The van der Waals surface area contributed by atoms with Crippen molar-refractivity contribution in [3.8, 4) is 0 Å². The fraction of sp³-hybridized carbons (Fsp3) is 0.312. The van der Waals surface area contributed by atoms with Gasteiger partial charge in [0.05, 0.1) is 16.6 Å². The van der Waals surface area contributed by atoms with Gasteiger partial charge in [0.2, 0.25) is 5.91 Å². The SMILES string of the molecule is CC(C(=O)Nc1cc(C2CC2)[nH]n1)c1cn2cc(Cl)ccc2n1. The third-order valence-electron chi connectivity index (χ3n) is 4.14. The summed E-state index contributed by atoms with van der Waals surface area (Å²) in [7, 11) is 0. The van der Waals surface area contributed by atoms with E-state index in [2.05, 4.69) is 20.5 Å². The molecule has 0 bridgehead atoms. The predicted octanol–water partition coefficient (Wildman–Crippen LogP) is 3.33. The van der Waals surface area contributed by atoms with E-state index >= 15 is 0 Å². The van der Waals surface area contributed by atoms with Crippen LogP contribution in [0.1, 0.15) is 43.0 Å². The van der Waals surface area contributed by atoms with E-state index in [0.717, 1.165) is 11.3 Å². The molecule has 4 rings (SSSR count). The number of anilines is 1. The van der Waals surface area contributed by atoms with E-state index in [1.54, 1.807) is 12.3 Å². The lowest BCUT2D eigenvalue weighted by molar-refractivity contribution is -0.117. The van der Waals surface area contributed by atoms with Crippen LogP contribution in [0.3, 0.4) is 0 Å². The molecule has 1 atom stereocenters. The summed E-state index contributed by atoms with van der Waals surface area (Å²) >= 11 is 5.97. The van der Waals surface area contributed by atoms with E-state index in [1.807, 2.05) is 29.7 Å². The van der Waals surface area contributed by atoms with Gasteiger partial charge in [-0.15, -0.1) is 0 Å². The topological polar surface area (TPSA) is 75.1 Å². The number of carbonyl (C=O) groups excluding carboxylic acids is 1. The summed E-state index contributed by atoms with van der Waals surface area (Å²) in [4.78, 5) is 16.9. The molecule has 0 spiro atoms. The van der Waals surface area contributed by atoms with E-state index in [-0.39, 0.29) is 11.8 Å². The minimum absolute atomic E-state index is 0.131. The molecule has 0 saturated heterocycles. The van der Waals surface area contributed by atoms with E-state index in [9.17, 15) is 4.79 Å². The molecular weight excluding hydrogens is 314 g/mol. The molecule has 0 radical (unpaired) electrons. The van der Waals surface area contributed by atoms with Gasteiger partial charge in [0.1, 0.15) is 5.65 Å². The summed E-state index contributed by atoms with van der Waals surface area (Å²) in [6.45, 7) is 1.83. The minimum Gasteiger partial charge on any atom is -0.309 e. The highest BCUT2D eigenvalue weighted by Gasteiger charge is 2.26. The van der Waals surface area contributed by atoms with Gasteiger partial charge < -0.3 is 9.72 Å². The Morgan fingerprint density at radius 2 is 2.26 bits per heavy atom. The maximum Gasteiger partial charge on any atom is 0.234 e. The number of nitrogens with zero attached hydrogens (tertiary/aromatic N) is 3. The third kappa shape index (κ3) is 2.82. The molecule has 0 aliphatic heterocycles. The number of carbonyl (C=O) groups is 1. The molecule has 6 nitrogen and oxygen atoms in total. The highest BCUT2D eigenvalue weighted by molar-refractivity contribution is 6.30. The lowest BCUT2D eigenvalue weighted by Crippen LogP contribution is -2.19. The average Bonchev–Trinajstić information content (AvgIpc) is 3.13. The second kappa shape index (κ2) is 5.38. The van der Waals surface area contributed by atoms with Crippen LogP contribution in [-0.2, 0) is 4.79 Å². The molecule has 3 aromatic heterocycles. The van der Waals surface area contributed by atoms with Crippen LogP contribution in [0.5, 0.6) is 0 Å². The third-order valence-corrected chi connectivity index (χ3v) is 4.36. The summed E-state index contributed by atoms with van der Waals surface area (Å²) in [5.41, 5.74) is 2.55. The molecule has 1 fully saturated rings. The van der Waals surface area contributed by atoms with Gasteiger partial charge in [0, 0.05) is 30.1 Å². The van der Waals surface area contributed by atoms with E-state index in [4.69, 9.17) is 11.6 Å². The van der Waals surface area contributed by atoms with Crippen LogP contribution < -0.4 is 5.32 Å². The maximum absolute atomic E-state index is 12.4. The van der Waals surface area contributed by atoms with Crippen LogP contribution in [0.4, 0.5) is 5.82 Å². The Labute approximate surface area is 137 Å². The van der Waals surface area contributed by atoms with E-state index in [1.165, 1.54) is 12.8 Å². The van der Waals surface area contributed by atoms with Crippen molar-refractivity contribution in [2.45, 2.75) is 31.6 Å². The molecule has 7 heteroatoms. The van der Waals surface area contributed by atoms with Gasteiger partial charge in [-0.3, -0.25) is 9.89 Å². The Morgan fingerprint density at radius 3 is 3.04 bits per heavy atom. The summed E-state index contributed by atoms with van der Waals surface area (Å²) in [5, 5.41) is 10.6. The monoisotopic (exact) mass is 329 g/mol. The molecule has 118 valence electrons. The summed E-state index contributed by atoms with van der Waals surface area (Å²) in [5.74, 6) is 0.632. The zero-order valence-corrected chi connectivity index (χ0v) is 13.3. The van der Waals surface area contributed by atoms with Gasteiger partial charge in [0.15, 0.2) is 5.82 Å². The molecule has 1 aliphatic carbocycles. The number of aromatic amines is 1. The van der Waals surface area contributed by atoms with Crippen LogP contribution in [-0.4, -0.2) is 25.5 Å².